The molecule has 2 fully saturated rings. The third-order valence-electron chi connectivity index (χ3n) is 10.1. The van der Waals surface area contributed by atoms with Gasteiger partial charge in [0.15, 0.2) is 0 Å². The van der Waals surface area contributed by atoms with Crippen LogP contribution in [0.3, 0.4) is 0 Å². The molecule has 42 heavy (non-hydrogen) atoms. The first-order valence-electron chi connectivity index (χ1n) is 15.1. The number of benzene rings is 2. The fraction of sp³-hybridized carbons (Fsp3) is 0.500. The number of ether oxygens (including phenoxy) is 1. The minimum atomic E-state index is -4.01. The second kappa shape index (κ2) is 10.1. The highest BCUT2D eigenvalue weighted by Gasteiger charge is 2.62. The number of rotatable bonds is 2. The topological polar surface area (TPSA) is 110 Å². The molecule has 1 spiro atoms. The van der Waals surface area contributed by atoms with Crippen molar-refractivity contribution in [2.45, 2.75) is 69.7 Å². The molecular weight excluding hydrogens is 552 g/mol. The fourth-order valence-electron chi connectivity index (χ4n) is 7.65. The van der Waals surface area contributed by atoms with Gasteiger partial charge in [-0.05, 0) is 79.5 Å². The molecule has 2 aliphatic heterocycles. The summed E-state index contributed by atoms with van der Waals surface area (Å²) < 4.78 is 37.2. The lowest BCUT2D eigenvalue weighted by molar-refractivity contribution is -0.127. The average Bonchev–Trinajstić information content (AvgIpc) is 3.66. The zero-order valence-electron chi connectivity index (χ0n) is 24.2. The number of methoxy groups -OCH3 is 1. The van der Waals surface area contributed by atoms with E-state index in [1.165, 1.54) is 31.9 Å². The van der Waals surface area contributed by atoms with E-state index in [9.17, 15) is 18.0 Å². The van der Waals surface area contributed by atoms with Crippen LogP contribution in [0.5, 0.6) is 5.75 Å². The summed E-state index contributed by atoms with van der Waals surface area (Å²) in [4.78, 5) is 27.3. The third-order valence-corrected chi connectivity index (χ3v) is 11.5. The van der Waals surface area contributed by atoms with Crippen LogP contribution < -0.4 is 14.8 Å². The Morgan fingerprint density at radius 2 is 1.81 bits per heavy atom. The van der Waals surface area contributed by atoms with Gasteiger partial charge in [0.1, 0.15) is 5.75 Å². The van der Waals surface area contributed by atoms with Gasteiger partial charge in [-0.3, -0.25) is 9.59 Å². The van der Waals surface area contributed by atoms with Gasteiger partial charge in [0.25, 0.3) is 5.91 Å². The Kier molecular flexibility index (Phi) is 6.62. The Bertz CT molecular complexity index is 1710. The summed E-state index contributed by atoms with van der Waals surface area (Å²) in [5, 5.41) is 4.27. The number of carbonyl (C=O) groups excluding carboxylic acids is 2. The Hall–Kier alpha value is -3.37. The summed E-state index contributed by atoms with van der Waals surface area (Å²) in [6.45, 7) is 1.22. The number of aromatic nitrogens is 1. The van der Waals surface area contributed by atoms with Crippen LogP contribution in [-0.4, -0.2) is 56.4 Å². The quantitative estimate of drug-likeness (QED) is 0.451. The lowest BCUT2D eigenvalue weighted by atomic mass is 9.81. The van der Waals surface area contributed by atoms with Gasteiger partial charge in [-0.1, -0.05) is 25.3 Å². The molecule has 2 saturated carbocycles. The summed E-state index contributed by atoms with van der Waals surface area (Å²) in [5.74, 6) is 0.604. The van der Waals surface area contributed by atoms with E-state index in [0.717, 1.165) is 57.0 Å². The predicted molar refractivity (Wildman–Crippen MR) is 161 cm³/mol. The van der Waals surface area contributed by atoms with Crippen molar-refractivity contribution in [1.82, 2.24) is 18.9 Å². The largest absolute Gasteiger partial charge is 0.497 e. The number of hydrogen-bond acceptors (Lipinski definition) is 5. The Balaban J connectivity index is 1.48. The van der Waals surface area contributed by atoms with Crippen molar-refractivity contribution in [3.05, 3.63) is 53.1 Å². The summed E-state index contributed by atoms with van der Waals surface area (Å²) in [5.41, 5.74) is 5.23. The van der Waals surface area contributed by atoms with Gasteiger partial charge in [-0.2, -0.15) is 12.7 Å². The van der Waals surface area contributed by atoms with Gasteiger partial charge in [0.2, 0.25) is 5.91 Å². The molecule has 2 unspecified atom stereocenters. The molecule has 0 radical (unpaired) electrons. The smallest absolute Gasteiger partial charge is 0.303 e. The van der Waals surface area contributed by atoms with Crippen LogP contribution in [0, 0.1) is 5.41 Å². The molecule has 2 aromatic carbocycles. The first kappa shape index (κ1) is 27.5. The number of carbonyl (C=O) groups is 2. The summed E-state index contributed by atoms with van der Waals surface area (Å²) >= 11 is 0. The van der Waals surface area contributed by atoms with E-state index in [2.05, 4.69) is 26.7 Å². The molecule has 2 atom stereocenters. The Morgan fingerprint density at radius 3 is 2.60 bits per heavy atom. The predicted octanol–water partition coefficient (Wildman–Crippen LogP) is 4.67. The van der Waals surface area contributed by atoms with Crippen molar-refractivity contribution in [2.75, 3.05) is 27.2 Å². The normalized spacial score (nSPS) is 26.3. The summed E-state index contributed by atoms with van der Waals surface area (Å²) in [6, 6.07) is 11.8. The van der Waals surface area contributed by atoms with Gasteiger partial charge < -0.3 is 14.6 Å². The van der Waals surface area contributed by atoms with Gasteiger partial charge in [-0.15, -0.1) is 0 Å². The van der Waals surface area contributed by atoms with Crippen molar-refractivity contribution in [3.8, 4) is 17.0 Å². The van der Waals surface area contributed by atoms with Crippen LogP contribution in [-0.2, 0) is 21.5 Å². The molecule has 9 nitrogen and oxygen atoms in total. The van der Waals surface area contributed by atoms with E-state index in [-0.39, 0.29) is 23.9 Å². The number of nitrogens with one attached hydrogen (secondary N) is 2. The van der Waals surface area contributed by atoms with E-state index in [4.69, 9.17) is 4.74 Å². The van der Waals surface area contributed by atoms with Crippen molar-refractivity contribution in [2.24, 2.45) is 5.41 Å². The van der Waals surface area contributed by atoms with Crippen molar-refractivity contribution in [3.63, 3.8) is 0 Å². The minimum absolute atomic E-state index is 0.0390. The molecule has 2 aliphatic carbocycles. The second-order valence-electron chi connectivity index (χ2n) is 12.5. The zero-order chi connectivity index (χ0) is 29.2. The average molecular weight is 591 g/mol. The maximum atomic E-state index is 14.0. The zero-order valence-corrected chi connectivity index (χ0v) is 25.1. The minimum Gasteiger partial charge on any atom is -0.497 e. The van der Waals surface area contributed by atoms with E-state index < -0.39 is 21.5 Å². The van der Waals surface area contributed by atoms with Gasteiger partial charge in [0.05, 0.1) is 18.2 Å². The van der Waals surface area contributed by atoms with E-state index >= 15 is 0 Å². The lowest BCUT2D eigenvalue weighted by Crippen LogP contribution is -2.42. The SMILES string of the molecule is COc1ccc2c(c1)C1CC13Cn1c-2c(C2CCCCC2)c2ccc(cc21)C(=O)NS(=O)(=O)N(C)CCCCNC3=O. The molecule has 10 heteroatoms. The van der Waals surface area contributed by atoms with Gasteiger partial charge in [-0.25, -0.2) is 4.72 Å². The van der Waals surface area contributed by atoms with Crippen LogP contribution in [0.4, 0.5) is 0 Å². The molecule has 3 heterocycles. The number of nitrogens with zero attached hydrogens (tertiary/aromatic N) is 2. The summed E-state index contributed by atoms with van der Waals surface area (Å²) in [7, 11) is -0.868. The molecule has 222 valence electrons. The second-order valence-corrected chi connectivity index (χ2v) is 14.3. The maximum Gasteiger partial charge on any atom is 0.303 e. The van der Waals surface area contributed by atoms with E-state index in [0.29, 0.717) is 31.8 Å². The molecule has 2 N–H and O–H groups in total. The molecule has 1 aromatic heterocycles. The highest BCUT2D eigenvalue weighted by molar-refractivity contribution is 7.87. The lowest BCUT2D eigenvalue weighted by Gasteiger charge is -2.24. The van der Waals surface area contributed by atoms with E-state index in [1.54, 1.807) is 13.2 Å². The van der Waals surface area contributed by atoms with E-state index in [1.807, 2.05) is 18.2 Å². The molecule has 4 bridgehead atoms. The maximum absolute atomic E-state index is 14.0. The molecule has 7 rings (SSSR count). The van der Waals surface area contributed by atoms with Crippen molar-refractivity contribution in [1.29, 1.82) is 0 Å². The van der Waals surface area contributed by atoms with Gasteiger partial charge >= 0.3 is 10.2 Å². The van der Waals surface area contributed by atoms with Crippen molar-refractivity contribution < 1.29 is 22.7 Å². The monoisotopic (exact) mass is 590 g/mol. The highest BCUT2D eigenvalue weighted by Crippen LogP contribution is 2.65. The first-order chi connectivity index (χ1) is 20.2. The fourth-order valence-corrected chi connectivity index (χ4v) is 8.53. The van der Waals surface area contributed by atoms with Crippen LogP contribution in [0.1, 0.15) is 84.7 Å². The van der Waals surface area contributed by atoms with Crippen LogP contribution >= 0.6 is 0 Å². The Morgan fingerprint density at radius 1 is 1.00 bits per heavy atom. The third kappa shape index (κ3) is 4.33. The first-order valence-corrected chi connectivity index (χ1v) is 16.6. The Labute approximate surface area is 246 Å². The number of fused-ring (bicyclic) bond motifs is 4. The molecule has 2 amide bonds. The van der Waals surface area contributed by atoms with Crippen LogP contribution in [0.15, 0.2) is 36.4 Å². The number of amides is 2. The molecule has 4 aliphatic rings. The van der Waals surface area contributed by atoms with Gasteiger partial charge in [0, 0.05) is 54.6 Å². The molecule has 3 aromatic rings. The summed E-state index contributed by atoms with van der Waals surface area (Å²) in [6.07, 6.45) is 7.72. The van der Waals surface area contributed by atoms with Crippen molar-refractivity contribution >= 4 is 32.9 Å². The molecular formula is C32H38N4O5S. The van der Waals surface area contributed by atoms with Crippen LogP contribution in [0.2, 0.25) is 0 Å². The van der Waals surface area contributed by atoms with Crippen LogP contribution in [0.25, 0.3) is 22.2 Å². The highest BCUT2D eigenvalue weighted by atomic mass is 32.2. The number of hydrogen-bond donors (Lipinski definition) is 2. The standard InChI is InChI=1S/C32H38N4O5S/c1-35-15-7-6-14-33-31(38)32-18-26(32)25-17-22(41-2)11-13-23(25)29-28(20-8-4-3-5-9-20)24-12-10-21(16-27(24)36(29)19-32)30(37)34-42(35,39)40/h10-13,16-17,20,26H,3-9,14-15,18-19H2,1-2H3,(H,33,38)(H,34,37). The molecule has 0 saturated heterocycles.